The van der Waals surface area contributed by atoms with Crippen molar-refractivity contribution in [3.8, 4) is 0 Å². The van der Waals surface area contributed by atoms with Gasteiger partial charge >= 0.3 is 5.97 Å². The van der Waals surface area contributed by atoms with Crippen LogP contribution in [0.3, 0.4) is 0 Å². The van der Waals surface area contributed by atoms with Crippen LogP contribution >= 0.6 is 23.4 Å². The average molecular weight is 378 g/mol. The lowest BCUT2D eigenvalue weighted by Crippen LogP contribution is -2.34. The molecule has 0 aliphatic heterocycles. The van der Waals surface area contributed by atoms with Crippen LogP contribution < -0.4 is 5.32 Å². The Balaban J connectivity index is 1.66. The predicted octanol–water partition coefficient (Wildman–Crippen LogP) is 3.32. The van der Waals surface area contributed by atoms with Crippen molar-refractivity contribution in [3.63, 3.8) is 0 Å². The largest absolute Gasteiger partial charge is 0.456 e. The minimum atomic E-state index is -0.666. The van der Waals surface area contributed by atoms with Gasteiger partial charge < -0.3 is 4.74 Å². The van der Waals surface area contributed by atoms with Crippen LogP contribution in [-0.2, 0) is 14.3 Å². The molecule has 130 valence electrons. The molecule has 0 atom stereocenters. The fourth-order valence-corrected chi connectivity index (χ4v) is 3.02. The first kappa shape index (κ1) is 19.0. The maximum atomic E-state index is 11.8. The van der Waals surface area contributed by atoms with Crippen LogP contribution in [0.25, 0.3) is 0 Å². The number of thioether (sulfide) groups is 1. The molecular weight excluding hydrogens is 362 g/mol. The quantitative estimate of drug-likeness (QED) is 0.592. The van der Waals surface area contributed by atoms with Gasteiger partial charge in [-0.05, 0) is 24.3 Å². The van der Waals surface area contributed by atoms with Crippen molar-refractivity contribution in [3.05, 3.63) is 65.2 Å². The number of nitrogens with one attached hydrogen (secondary N) is 1. The molecule has 2 rings (SSSR count). The highest BCUT2D eigenvalue weighted by Gasteiger charge is 2.12. The van der Waals surface area contributed by atoms with Gasteiger partial charge in [-0.2, -0.15) is 0 Å². The maximum Gasteiger partial charge on any atom is 0.307 e. The van der Waals surface area contributed by atoms with Gasteiger partial charge in [-0.3, -0.25) is 19.7 Å². The second-order valence-corrected chi connectivity index (χ2v) is 6.48. The average Bonchev–Trinajstić information content (AvgIpc) is 2.62. The van der Waals surface area contributed by atoms with Gasteiger partial charge in [0.05, 0.1) is 11.4 Å². The molecule has 1 N–H and O–H groups in total. The summed E-state index contributed by atoms with van der Waals surface area (Å²) in [6.07, 6.45) is 0.135. The van der Waals surface area contributed by atoms with E-state index in [1.54, 1.807) is 36.4 Å². The lowest BCUT2D eigenvalue weighted by molar-refractivity contribution is -0.147. The van der Waals surface area contributed by atoms with Crippen LogP contribution in [0.2, 0.25) is 5.02 Å². The Bertz CT molecular complexity index is 752. The Labute approximate surface area is 154 Å². The molecule has 0 aliphatic rings. The number of hydrogen-bond acceptors (Lipinski definition) is 5. The second kappa shape index (κ2) is 9.86. The van der Waals surface area contributed by atoms with Crippen LogP contribution in [0.1, 0.15) is 16.8 Å². The lowest BCUT2D eigenvalue weighted by Gasteiger charge is -2.06. The summed E-state index contributed by atoms with van der Waals surface area (Å²) in [4.78, 5) is 35.9. The first-order valence-electron chi connectivity index (χ1n) is 7.48. The van der Waals surface area contributed by atoms with E-state index in [1.165, 1.54) is 11.8 Å². The monoisotopic (exact) mass is 377 g/mol. The van der Waals surface area contributed by atoms with Crippen LogP contribution in [-0.4, -0.2) is 30.1 Å². The zero-order valence-corrected chi connectivity index (χ0v) is 14.8. The second-order valence-electron chi connectivity index (χ2n) is 4.93. The number of imide groups is 1. The van der Waals surface area contributed by atoms with Gasteiger partial charge in [0, 0.05) is 16.2 Å². The van der Waals surface area contributed by atoms with E-state index in [1.807, 2.05) is 18.2 Å². The minimum absolute atomic E-state index is 0.135. The molecule has 5 nitrogen and oxygen atoms in total. The van der Waals surface area contributed by atoms with Crippen LogP contribution in [0, 0.1) is 0 Å². The Hall–Kier alpha value is -2.31. The molecule has 0 spiro atoms. The SMILES string of the molecule is O=C(COC(=O)CCSc1ccccc1Cl)NC(=O)c1ccccc1. The number of hydrogen-bond donors (Lipinski definition) is 1. The zero-order chi connectivity index (χ0) is 18.1. The van der Waals surface area contributed by atoms with Gasteiger partial charge in [0.2, 0.25) is 0 Å². The third kappa shape index (κ3) is 6.60. The number of amides is 2. The van der Waals surface area contributed by atoms with E-state index < -0.39 is 24.4 Å². The van der Waals surface area contributed by atoms with Crippen molar-refractivity contribution in [2.75, 3.05) is 12.4 Å². The zero-order valence-electron chi connectivity index (χ0n) is 13.2. The van der Waals surface area contributed by atoms with E-state index in [0.717, 1.165) is 4.90 Å². The molecule has 7 heteroatoms. The van der Waals surface area contributed by atoms with Gasteiger partial charge in [-0.1, -0.05) is 41.9 Å². The van der Waals surface area contributed by atoms with Crippen molar-refractivity contribution in [1.82, 2.24) is 5.32 Å². The third-order valence-corrected chi connectivity index (χ3v) is 4.57. The van der Waals surface area contributed by atoms with E-state index >= 15 is 0 Å². The van der Waals surface area contributed by atoms with Crippen molar-refractivity contribution in [2.24, 2.45) is 0 Å². The summed E-state index contributed by atoms with van der Waals surface area (Å²) < 4.78 is 4.86. The van der Waals surface area contributed by atoms with Gasteiger partial charge in [0.1, 0.15) is 0 Å². The Morgan fingerprint density at radius 2 is 1.68 bits per heavy atom. The Morgan fingerprint density at radius 3 is 2.40 bits per heavy atom. The van der Waals surface area contributed by atoms with E-state index in [9.17, 15) is 14.4 Å². The highest BCUT2D eigenvalue weighted by atomic mass is 35.5. The van der Waals surface area contributed by atoms with Gasteiger partial charge in [0.15, 0.2) is 6.61 Å². The maximum absolute atomic E-state index is 11.8. The first-order chi connectivity index (χ1) is 12.1. The number of halogens is 1. The number of benzene rings is 2. The molecule has 0 unspecified atom stereocenters. The van der Waals surface area contributed by atoms with Crippen LogP contribution in [0.4, 0.5) is 0 Å². The van der Waals surface area contributed by atoms with E-state index in [0.29, 0.717) is 16.3 Å². The topological polar surface area (TPSA) is 72.5 Å². The first-order valence-corrected chi connectivity index (χ1v) is 8.85. The number of ether oxygens (including phenoxy) is 1. The van der Waals surface area contributed by atoms with E-state index in [4.69, 9.17) is 16.3 Å². The van der Waals surface area contributed by atoms with Crippen molar-refractivity contribution in [1.29, 1.82) is 0 Å². The smallest absolute Gasteiger partial charge is 0.307 e. The van der Waals surface area contributed by atoms with Gasteiger partial charge in [-0.15, -0.1) is 11.8 Å². The Kier molecular flexibility index (Phi) is 7.50. The molecule has 2 amide bonds. The molecule has 0 radical (unpaired) electrons. The summed E-state index contributed by atoms with van der Waals surface area (Å²) in [5.41, 5.74) is 0.360. The minimum Gasteiger partial charge on any atom is -0.456 e. The molecule has 2 aromatic carbocycles. The highest BCUT2D eigenvalue weighted by Crippen LogP contribution is 2.26. The molecule has 0 saturated heterocycles. The predicted molar refractivity (Wildman–Crippen MR) is 96.7 cm³/mol. The van der Waals surface area contributed by atoms with Crippen LogP contribution in [0.5, 0.6) is 0 Å². The summed E-state index contributed by atoms with van der Waals surface area (Å²) in [6.45, 7) is -0.492. The van der Waals surface area contributed by atoms with Crippen molar-refractivity contribution < 1.29 is 19.1 Å². The summed E-state index contributed by atoms with van der Waals surface area (Å²) >= 11 is 7.45. The van der Waals surface area contributed by atoms with E-state index in [-0.39, 0.29) is 6.42 Å². The molecule has 25 heavy (non-hydrogen) atoms. The molecular formula is C18H16ClNO4S. The molecule has 0 saturated carbocycles. The normalized spacial score (nSPS) is 10.1. The molecule has 0 bridgehead atoms. The standard InChI is InChI=1S/C18H16ClNO4S/c19-14-8-4-5-9-15(14)25-11-10-17(22)24-12-16(21)20-18(23)13-6-2-1-3-7-13/h1-9H,10-12H2,(H,20,21,23). The fraction of sp³-hybridized carbons (Fsp3) is 0.167. The van der Waals surface area contributed by atoms with Crippen molar-refractivity contribution in [2.45, 2.75) is 11.3 Å². The summed E-state index contributed by atoms with van der Waals surface area (Å²) in [7, 11) is 0. The Morgan fingerprint density at radius 1 is 1.00 bits per heavy atom. The molecule has 2 aromatic rings. The molecule has 0 aromatic heterocycles. The highest BCUT2D eigenvalue weighted by molar-refractivity contribution is 7.99. The number of rotatable bonds is 7. The summed E-state index contributed by atoms with van der Waals surface area (Å²) in [5, 5.41) is 2.79. The van der Waals surface area contributed by atoms with Gasteiger partial charge in [0.25, 0.3) is 11.8 Å². The van der Waals surface area contributed by atoms with Crippen LogP contribution in [0.15, 0.2) is 59.5 Å². The molecule has 0 fully saturated rings. The molecule has 0 aliphatic carbocycles. The van der Waals surface area contributed by atoms with Crippen molar-refractivity contribution >= 4 is 41.1 Å². The number of esters is 1. The fourth-order valence-electron chi connectivity index (χ4n) is 1.85. The lowest BCUT2D eigenvalue weighted by atomic mass is 10.2. The molecule has 0 heterocycles. The summed E-state index contributed by atoms with van der Waals surface area (Å²) in [5.74, 6) is -1.23. The number of carbonyl (C=O) groups is 3. The number of carbonyl (C=O) groups excluding carboxylic acids is 3. The van der Waals surface area contributed by atoms with E-state index in [2.05, 4.69) is 5.32 Å². The van der Waals surface area contributed by atoms with Gasteiger partial charge in [-0.25, -0.2) is 0 Å². The third-order valence-electron chi connectivity index (χ3n) is 3.05. The summed E-state index contributed by atoms with van der Waals surface area (Å²) in [6, 6.07) is 15.6.